The first-order chi connectivity index (χ1) is 5.36. The van der Waals surface area contributed by atoms with Gasteiger partial charge in [0.25, 0.3) is 0 Å². The molecule has 2 aliphatic rings. The summed E-state index contributed by atoms with van der Waals surface area (Å²) in [6.07, 6.45) is 6.00. The van der Waals surface area contributed by atoms with Crippen LogP contribution in [0.4, 0.5) is 0 Å². The summed E-state index contributed by atoms with van der Waals surface area (Å²) < 4.78 is 0.870. The Kier molecular flexibility index (Phi) is 2.73. The van der Waals surface area contributed by atoms with Gasteiger partial charge in [0, 0.05) is 9.83 Å². The molecule has 2 fully saturated rings. The molecule has 0 aromatic heterocycles. The van der Waals surface area contributed by atoms with Crippen molar-refractivity contribution in [3.05, 3.63) is 0 Å². The lowest BCUT2D eigenvalue weighted by Gasteiger charge is -2.37. The van der Waals surface area contributed by atoms with Crippen molar-refractivity contribution < 1.29 is 0 Å². The molecule has 0 bridgehead atoms. The van der Waals surface area contributed by atoms with Gasteiger partial charge in [0.1, 0.15) is 0 Å². The lowest BCUT2D eigenvalue weighted by molar-refractivity contribution is 0.401. The van der Waals surface area contributed by atoms with Crippen molar-refractivity contribution in [3.8, 4) is 0 Å². The standard InChI is InChI=1S/C9H16S2/c1-7-10-6-8-4-2-3-5-9(8)11-7/h7-9H,2-6H2,1H3. The number of hydrogen-bond acceptors (Lipinski definition) is 2. The van der Waals surface area contributed by atoms with Crippen molar-refractivity contribution in [1.82, 2.24) is 0 Å². The van der Waals surface area contributed by atoms with Crippen LogP contribution in [-0.2, 0) is 0 Å². The predicted octanol–water partition coefficient (Wildman–Crippen LogP) is 3.37. The summed E-state index contributed by atoms with van der Waals surface area (Å²) in [5.41, 5.74) is 0. The fourth-order valence-electron chi connectivity index (χ4n) is 2.09. The van der Waals surface area contributed by atoms with E-state index in [1.165, 1.54) is 31.4 Å². The average Bonchev–Trinajstić information content (AvgIpc) is 2.04. The van der Waals surface area contributed by atoms with Crippen LogP contribution in [0.15, 0.2) is 0 Å². The van der Waals surface area contributed by atoms with Gasteiger partial charge in [-0.3, -0.25) is 0 Å². The molecule has 1 aliphatic heterocycles. The van der Waals surface area contributed by atoms with Crippen molar-refractivity contribution in [2.45, 2.75) is 42.4 Å². The van der Waals surface area contributed by atoms with Crippen molar-refractivity contribution in [3.63, 3.8) is 0 Å². The van der Waals surface area contributed by atoms with E-state index in [1.54, 1.807) is 0 Å². The van der Waals surface area contributed by atoms with E-state index in [0.29, 0.717) is 0 Å². The summed E-state index contributed by atoms with van der Waals surface area (Å²) in [6, 6.07) is 0. The summed E-state index contributed by atoms with van der Waals surface area (Å²) in [7, 11) is 0. The fourth-order valence-corrected chi connectivity index (χ4v) is 5.35. The average molecular weight is 188 g/mol. The molecule has 2 rings (SSSR count). The molecule has 0 N–H and O–H groups in total. The van der Waals surface area contributed by atoms with E-state index >= 15 is 0 Å². The summed E-state index contributed by atoms with van der Waals surface area (Å²) in [5.74, 6) is 2.51. The Hall–Kier alpha value is 0.700. The molecule has 0 amide bonds. The van der Waals surface area contributed by atoms with Crippen LogP contribution in [0, 0.1) is 5.92 Å². The second kappa shape index (κ2) is 3.61. The van der Waals surface area contributed by atoms with Gasteiger partial charge in [-0.2, -0.15) is 0 Å². The fraction of sp³-hybridized carbons (Fsp3) is 1.00. The van der Waals surface area contributed by atoms with Gasteiger partial charge in [-0.15, -0.1) is 23.5 Å². The Labute approximate surface area is 77.9 Å². The van der Waals surface area contributed by atoms with E-state index in [0.717, 1.165) is 15.7 Å². The minimum atomic E-state index is 0.870. The second-order valence-electron chi connectivity index (χ2n) is 3.62. The summed E-state index contributed by atoms with van der Waals surface area (Å²) in [4.78, 5) is 0. The van der Waals surface area contributed by atoms with E-state index in [2.05, 4.69) is 30.4 Å². The Balaban J connectivity index is 1.93. The van der Waals surface area contributed by atoms with Crippen LogP contribution >= 0.6 is 23.5 Å². The molecule has 1 saturated carbocycles. The van der Waals surface area contributed by atoms with Crippen LogP contribution in [0.3, 0.4) is 0 Å². The highest BCUT2D eigenvalue weighted by Gasteiger charge is 2.31. The highest BCUT2D eigenvalue weighted by molar-refractivity contribution is 8.17. The van der Waals surface area contributed by atoms with E-state index in [4.69, 9.17) is 0 Å². The monoisotopic (exact) mass is 188 g/mol. The van der Waals surface area contributed by atoms with Crippen LogP contribution in [0.5, 0.6) is 0 Å². The number of rotatable bonds is 0. The van der Waals surface area contributed by atoms with E-state index in [9.17, 15) is 0 Å². The molecule has 3 unspecified atom stereocenters. The topological polar surface area (TPSA) is 0 Å². The molecule has 0 spiro atoms. The molecule has 1 saturated heterocycles. The maximum Gasteiger partial charge on any atom is 0.0477 e. The molecule has 3 atom stereocenters. The highest BCUT2D eigenvalue weighted by Crippen LogP contribution is 2.45. The van der Waals surface area contributed by atoms with Crippen LogP contribution in [-0.4, -0.2) is 15.6 Å². The normalized spacial score (nSPS) is 45.0. The first-order valence-electron chi connectivity index (χ1n) is 4.63. The molecule has 1 aliphatic carbocycles. The van der Waals surface area contributed by atoms with Crippen molar-refractivity contribution in [1.29, 1.82) is 0 Å². The number of thioether (sulfide) groups is 2. The smallest absolute Gasteiger partial charge is 0.0477 e. The van der Waals surface area contributed by atoms with Crippen molar-refractivity contribution in [2.24, 2.45) is 5.92 Å². The van der Waals surface area contributed by atoms with E-state index in [1.807, 2.05) is 0 Å². The molecule has 11 heavy (non-hydrogen) atoms. The van der Waals surface area contributed by atoms with Gasteiger partial charge >= 0.3 is 0 Å². The van der Waals surface area contributed by atoms with Gasteiger partial charge in [-0.1, -0.05) is 12.8 Å². The Morgan fingerprint density at radius 1 is 1.18 bits per heavy atom. The largest absolute Gasteiger partial charge is 0.148 e. The number of fused-ring (bicyclic) bond motifs is 1. The summed E-state index contributed by atoms with van der Waals surface area (Å²) in [6.45, 7) is 2.36. The third-order valence-electron chi connectivity index (χ3n) is 2.75. The van der Waals surface area contributed by atoms with Gasteiger partial charge in [-0.25, -0.2) is 0 Å². The Bertz CT molecular complexity index is 136. The molecule has 0 nitrogen and oxygen atoms in total. The van der Waals surface area contributed by atoms with Crippen LogP contribution in [0.2, 0.25) is 0 Å². The first kappa shape index (κ1) is 8.31. The lowest BCUT2D eigenvalue weighted by atomic mass is 9.90. The predicted molar refractivity (Wildman–Crippen MR) is 55.3 cm³/mol. The Morgan fingerprint density at radius 2 is 2.00 bits per heavy atom. The minimum Gasteiger partial charge on any atom is -0.148 e. The lowest BCUT2D eigenvalue weighted by Crippen LogP contribution is -2.29. The minimum absolute atomic E-state index is 0.870. The van der Waals surface area contributed by atoms with Gasteiger partial charge < -0.3 is 0 Å². The molecule has 64 valence electrons. The number of hydrogen-bond donors (Lipinski definition) is 0. The molecular formula is C9H16S2. The maximum absolute atomic E-state index is 2.36. The zero-order valence-corrected chi connectivity index (χ0v) is 8.72. The molecule has 0 radical (unpaired) electrons. The molecular weight excluding hydrogens is 172 g/mol. The third kappa shape index (κ3) is 1.89. The summed E-state index contributed by atoms with van der Waals surface area (Å²) in [5, 5.41) is 1.03. The maximum atomic E-state index is 2.36. The van der Waals surface area contributed by atoms with Crippen molar-refractivity contribution >= 4 is 23.5 Å². The Morgan fingerprint density at radius 3 is 2.91 bits per heavy atom. The SMILES string of the molecule is CC1SCC2CCCCC2S1. The van der Waals surface area contributed by atoms with Crippen LogP contribution in [0.25, 0.3) is 0 Å². The summed E-state index contributed by atoms with van der Waals surface area (Å²) >= 11 is 4.40. The first-order valence-corrected chi connectivity index (χ1v) is 6.62. The zero-order valence-electron chi connectivity index (χ0n) is 7.08. The van der Waals surface area contributed by atoms with Gasteiger partial charge in [0.2, 0.25) is 0 Å². The molecule has 0 aromatic rings. The second-order valence-corrected chi connectivity index (χ2v) is 6.88. The van der Waals surface area contributed by atoms with Gasteiger partial charge in [0.05, 0.1) is 0 Å². The van der Waals surface area contributed by atoms with Crippen molar-refractivity contribution in [2.75, 3.05) is 5.75 Å². The van der Waals surface area contributed by atoms with Crippen LogP contribution < -0.4 is 0 Å². The molecule has 0 aromatic carbocycles. The molecule has 2 heteroatoms. The highest BCUT2D eigenvalue weighted by atomic mass is 32.2. The van der Waals surface area contributed by atoms with Gasteiger partial charge in [0.15, 0.2) is 0 Å². The quantitative estimate of drug-likeness (QED) is 0.571. The van der Waals surface area contributed by atoms with E-state index < -0.39 is 0 Å². The molecule has 1 heterocycles. The van der Waals surface area contributed by atoms with E-state index in [-0.39, 0.29) is 0 Å². The third-order valence-corrected chi connectivity index (χ3v) is 5.94. The zero-order chi connectivity index (χ0) is 7.68. The van der Waals surface area contributed by atoms with Crippen LogP contribution in [0.1, 0.15) is 32.6 Å². The van der Waals surface area contributed by atoms with Gasteiger partial charge in [-0.05, 0) is 31.4 Å².